The average molecular weight is 285 g/mol. The Morgan fingerprint density at radius 2 is 2.11 bits per heavy atom. The zero-order valence-electron chi connectivity index (χ0n) is 10.8. The van der Waals surface area contributed by atoms with Gasteiger partial charge in [-0.3, -0.25) is 0 Å². The minimum atomic E-state index is -3.49. The van der Waals surface area contributed by atoms with E-state index in [1.54, 1.807) is 0 Å². The molecule has 1 saturated carbocycles. The number of phenols is 1. The van der Waals surface area contributed by atoms with Crippen LogP contribution in [0.4, 0.5) is 0 Å². The molecule has 0 aromatic heterocycles. The van der Waals surface area contributed by atoms with Crippen LogP contribution in [-0.4, -0.2) is 38.0 Å². The monoisotopic (exact) mass is 285 g/mol. The topological polar surface area (TPSA) is 86.6 Å². The number of nitrogens with one attached hydrogen (secondary N) is 1. The highest BCUT2D eigenvalue weighted by Gasteiger charge is 2.21. The highest BCUT2D eigenvalue weighted by Crippen LogP contribution is 2.28. The second-order valence-electron chi connectivity index (χ2n) is 5.12. The molecule has 2 rings (SSSR count). The van der Waals surface area contributed by atoms with Crippen LogP contribution in [0.1, 0.15) is 24.5 Å². The third-order valence-corrected chi connectivity index (χ3v) is 4.36. The quantitative estimate of drug-likeness (QED) is 0.720. The number of hydrogen-bond donors (Lipinski definition) is 3. The molecule has 0 spiro atoms. The standard InChI is InChI=1S/C13H19NO4S/c1-19(17,18)13-6-10(4-5-11(13)15)12(16)8-14-7-9-2-3-9/h4-6,9,12,14-16H,2-3,7-8H2,1H3. The lowest BCUT2D eigenvalue weighted by molar-refractivity contribution is 0.174. The molecule has 0 bridgehead atoms. The number of aliphatic hydroxyl groups excluding tert-OH is 1. The summed E-state index contributed by atoms with van der Waals surface area (Å²) in [7, 11) is -3.49. The van der Waals surface area contributed by atoms with Gasteiger partial charge in [-0.25, -0.2) is 8.42 Å². The summed E-state index contributed by atoms with van der Waals surface area (Å²) >= 11 is 0. The van der Waals surface area contributed by atoms with Gasteiger partial charge in [0.2, 0.25) is 0 Å². The van der Waals surface area contributed by atoms with Crippen molar-refractivity contribution in [3.05, 3.63) is 23.8 Å². The number of aromatic hydroxyl groups is 1. The molecule has 0 heterocycles. The van der Waals surface area contributed by atoms with Gasteiger partial charge in [-0.1, -0.05) is 6.07 Å². The summed E-state index contributed by atoms with van der Waals surface area (Å²) in [5.74, 6) is 0.433. The summed E-state index contributed by atoms with van der Waals surface area (Å²) in [6, 6.07) is 4.16. The number of phenolic OH excluding ortho intramolecular Hbond substituents is 1. The summed E-state index contributed by atoms with van der Waals surface area (Å²) in [5.41, 5.74) is 0.488. The van der Waals surface area contributed by atoms with Crippen LogP contribution in [0.5, 0.6) is 5.75 Å². The van der Waals surface area contributed by atoms with E-state index in [0.717, 1.165) is 18.7 Å². The van der Waals surface area contributed by atoms with Gasteiger partial charge in [0.05, 0.1) is 6.10 Å². The van der Waals surface area contributed by atoms with Gasteiger partial charge in [0.25, 0.3) is 0 Å². The lowest BCUT2D eigenvalue weighted by atomic mass is 10.1. The summed E-state index contributed by atoms with van der Waals surface area (Å²) < 4.78 is 23.0. The van der Waals surface area contributed by atoms with E-state index in [2.05, 4.69) is 5.32 Å². The van der Waals surface area contributed by atoms with E-state index < -0.39 is 15.9 Å². The van der Waals surface area contributed by atoms with Crippen LogP contribution in [0.15, 0.2) is 23.1 Å². The molecule has 1 aromatic rings. The van der Waals surface area contributed by atoms with Crippen molar-refractivity contribution in [3.8, 4) is 5.75 Å². The Kier molecular flexibility index (Phi) is 4.13. The number of benzene rings is 1. The Bertz CT molecular complexity index is 552. The molecule has 0 aliphatic heterocycles. The molecule has 0 saturated heterocycles. The molecular weight excluding hydrogens is 266 g/mol. The predicted octanol–water partition coefficient (Wildman–Crippen LogP) is 0.829. The Labute approximate surface area is 113 Å². The Balaban J connectivity index is 2.06. The van der Waals surface area contributed by atoms with E-state index in [-0.39, 0.29) is 10.6 Å². The number of sulfone groups is 1. The summed E-state index contributed by atoms with van der Waals surface area (Å²) in [6.45, 7) is 1.26. The summed E-state index contributed by atoms with van der Waals surface area (Å²) in [6.07, 6.45) is 2.73. The first-order valence-corrected chi connectivity index (χ1v) is 8.19. The minimum absolute atomic E-state index is 0.147. The van der Waals surface area contributed by atoms with Gasteiger partial charge >= 0.3 is 0 Å². The van der Waals surface area contributed by atoms with Crippen molar-refractivity contribution < 1.29 is 18.6 Å². The lowest BCUT2D eigenvalue weighted by Gasteiger charge is -2.13. The normalized spacial score (nSPS) is 17.4. The summed E-state index contributed by atoms with van der Waals surface area (Å²) in [5, 5.41) is 22.7. The van der Waals surface area contributed by atoms with Crippen molar-refractivity contribution in [2.75, 3.05) is 19.3 Å². The first-order valence-electron chi connectivity index (χ1n) is 6.29. The third-order valence-electron chi connectivity index (χ3n) is 3.24. The van der Waals surface area contributed by atoms with Crippen LogP contribution in [0, 0.1) is 5.92 Å². The maximum Gasteiger partial charge on any atom is 0.179 e. The Hall–Kier alpha value is -1.11. The lowest BCUT2D eigenvalue weighted by Crippen LogP contribution is -2.23. The van der Waals surface area contributed by atoms with E-state index in [1.807, 2.05) is 0 Å². The van der Waals surface area contributed by atoms with Crippen molar-refractivity contribution in [1.82, 2.24) is 5.32 Å². The first kappa shape index (κ1) is 14.3. The largest absolute Gasteiger partial charge is 0.507 e. The van der Waals surface area contributed by atoms with Crippen LogP contribution in [0.2, 0.25) is 0 Å². The van der Waals surface area contributed by atoms with E-state index >= 15 is 0 Å². The van der Waals surface area contributed by atoms with E-state index in [1.165, 1.54) is 31.0 Å². The molecule has 0 radical (unpaired) electrons. The molecule has 106 valence electrons. The average Bonchev–Trinajstić information content (AvgIpc) is 3.12. The molecule has 1 atom stereocenters. The molecule has 0 amide bonds. The molecule has 1 fully saturated rings. The van der Waals surface area contributed by atoms with Gasteiger partial charge in [0, 0.05) is 12.8 Å². The Morgan fingerprint density at radius 3 is 2.68 bits per heavy atom. The fourth-order valence-electron chi connectivity index (χ4n) is 1.90. The van der Waals surface area contributed by atoms with Crippen LogP contribution in [0.25, 0.3) is 0 Å². The highest BCUT2D eigenvalue weighted by atomic mass is 32.2. The third kappa shape index (κ3) is 3.92. The molecule has 19 heavy (non-hydrogen) atoms. The van der Waals surface area contributed by atoms with Gasteiger partial charge in [-0.05, 0) is 43.0 Å². The van der Waals surface area contributed by atoms with Gasteiger partial charge in [-0.2, -0.15) is 0 Å². The van der Waals surface area contributed by atoms with Crippen LogP contribution < -0.4 is 5.32 Å². The van der Waals surface area contributed by atoms with Crippen molar-refractivity contribution >= 4 is 9.84 Å². The zero-order valence-corrected chi connectivity index (χ0v) is 11.7. The molecule has 1 aromatic carbocycles. The van der Waals surface area contributed by atoms with Crippen molar-refractivity contribution in [2.24, 2.45) is 5.92 Å². The van der Waals surface area contributed by atoms with Gasteiger partial charge in [0.1, 0.15) is 10.6 Å². The maximum absolute atomic E-state index is 11.5. The number of hydrogen-bond acceptors (Lipinski definition) is 5. The van der Waals surface area contributed by atoms with Crippen LogP contribution in [-0.2, 0) is 9.84 Å². The van der Waals surface area contributed by atoms with Crippen molar-refractivity contribution in [3.63, 3.8) is 0 Å². The molecule has 1 aliphatic rings. The van der Waals surface area contributed by atoms with E-state index in [4.69, 9.17) is 0 Å². The predicted molar refractivity (Wildman–Crippen MR) is 71.8 cm³/mol. The Morgan fingerprint density at radius 1 is 1.42 bits per heavy atom. The van der Waals surface area contributed by atoms with Crippen LogP contribution in [0.3, 0.4) is 0 Å². The van der Waals surface area contributed by atoms with Crippen molar-refractivity contribution in [2.45, 2.75) is 23.8 Å². The fraction of sp³-hybridized carbons (Fsp3) is 0.538. The molecule has 1 aliphatic carbocycles. The molecule has 3 N–H and O–H groups in total. The molecule has 6 heteroatoms. The maximum atomic E-state index is 11.5. The van der Waals surface area contributed by atoms with Gasteiger partial charge in [0.15, 0.2) is 9.84 Å². The SMILES string of the molecule is CS(=O)(=O)c1cc(C(O)CNCC2CC2)ccc1O. The van der Waals surface area contributed by atoms with Crippen molar-refractivity contribution in [1.29, 1.82) is 0 Å². The van der Waals surface area contributed by atoms with Gasteiger partial charge < -0.3 is 15.5 Å². The minimum Gasteiger partial charge on any atom is -0.507 e. The van der Waals surface area contributed by atoms with Gasteiger partial charge in [-0.15, -0.1) is 0 Å². The second kappa shape index (κ2) is 5.48. The molecular formula is C13H19NO4S. The second-order valence-corrected chi connectivity index (χ2v) is 7.10. The number of rotatable bonds is 6. The molecule has 5 nitrogen and oxygen atoms in total. The highest BCUT2D eigenvalue weighted by molar-refractivity contribution is 7.90. The zero-order chi connectivity index (χ0) is 14.0. The smallest absolute Gasteiger partial charge is 0.179 e. The van der Waals surface area contributed by atoms with Crippen LogP contribution >= 0.6 is 0 Å². The fourth-order valence-corrected chi connectivity index (χ4v) is 2.70. The summed E-state index contributed by atoms with van der Waals surface area (Å²) in [4.78, 5) is -0.147. The first-order chi connectivity index (χ1) is 8.88. The van der Waals surface area contributed by atoms with E-state index in [0.29, 0.717) is 12.1 Å². The van der Waals surface area contributed by atoms with E-state index in [9.17, 15) is 18.6 Å². The molecule has 1 unspecified atom stereocenters. The number of aliphatic hydroxyl groups is 1.